The predicted molar refractivity (Wildman–Crippen MR) is 108 cm³/mol. The number of hydrogen-bond acceptors (Lipinski definition) is 0. The van der Waals surface area contributed by atoms with E-state index in [2.05, 4.69) is 52.8 Å². The molecule has 1 fully saturated rings. The van der Waals surface area contributed by atoms with Crippen molar-refractivity contribution in [1.29, 1.82) is 0 Å². The van der Waals surface area contributed by atoms with Crippen molar-refractivity contribution in [2.24, 2.45) is 23.7 Å². The Labute approximate surface area is 147 Å². The molecule has 0 aromatic rings. The van der Waals surface area contributed by atoms with Crippen LogP contribution in [0.4, 0.5) is 0 Å². The number of fused-ring (bicyclic) bond motifs is 1. The van der Waals surface area contributed by atoms with E-state index in [0.29, 0.717) is 0 Å². The fourth-order valence-corrected chi connectivity index (χ4v) is 3.99. The van der Waals surface area contributed by atoms with Crippen molar-refractivity contribution in [2.75, 3.05) is 0 Å². The number of allylic oxidation sites excluding steroid dienone is 4. The van der Waals surface area contributed by atoms with Crippen molar-refractivity contribution in [2.45, 2.75) is 99.8 Å². The molecule has 0 aromatic heterocycles. The molecule has 2 aliphatic rings. The topological polar surface area (TPSA) is 0 Å². The van der Waals surface area contributed by atoms with Gasteiger partial charge in [-0.2, -0.15) is 0 Å². The first-order chi connectivity index (χ1) is 11.1. The molecule has 23 heavy (non-hydrogen) atoms. The Kier molecular flexibility index (Phi) is 13.6. The zero-order valence-electron chi connectivity index (χ0n) is 17.2. The normalized spacial score (nSPS) is 23.2. The minimum Gasteiger partial charge on any atom is -0.0806 e. The molecule has 0 spiro atoms. The first-order valence-electron chi connectivity index (χ1n) is 10.5. The summed E-state index contributed by atoms with van der Waals surface area (Å²) in [4.78, 5) is 0. The zero-order valence-corrected chi connectivity index (χ0v) is 17.2. The lowest BCUT2D eigenvalue weighted by Crippen LogP contribution is -2.09. The Morgan fingerprint density at radius 2 is 1.65 bits per heavy atom. The van der Waals surface area contributed by atoms with Crippen LogP contribution < -0.4 is 0 Å². The minimum atomic E-state index is 0.892. The Hall–Kier alpha value is -0.520. The van der Waals surface area contributed by atoms with Crippen LogP contribution in [0.3, 0.4) is 0 Å². The van der Waals surface area contributed by atoms with Gasteiger partial charge in [0.1, 0.15) is 0 Å². The molecule has 3 atom stereocenters. The SMILES string of the molecule is CC.CC1=CC2CCCC2C=C1.CCCCC(C)C(CC)CC. The van der Waals surface area contributed by atoms with E-state index in [1.807, 2.05) is 13.8 Å². The lowest BCUT2D eigenvalue weighted by atomic mass is 9.86. The third kappa shape index (κ3) is 8.77. The van der Waals surface area contributed by atoms with Gasteiger partial charge in [-0.1, -0.05) is 104 Å². The Bertz CT molecular complexity index is 319. The Morgan fingerprint density at radius 1 is 1.04 bits per heavy atom. The van der Waals surface area contributed by atoms with Gasteiger partial charge in [0, 0.05) is 0 Å². The van der Waals surface area contributed by atoms with Crippen molar-refractivity contribution in [3.05, 3.63) is 23.8 Å². The molecule has 0 bridgehead atoms. The average Bonchev–Trinajstić information content (AvgIpc) is 3.04. The summed E-state index contributed by atoms with van der Waals surface area (Å²) in [5, 5.41) is 0. The van der Waals surface area contributed by atoms with E-state index in [0.717, 1.165) is 23.7 Å². The van der Waals surface area contributed by atoms with Crippen molar-refractivity contribution in [3.63, 3.8) is 0 Å². The second kappa shape index (κ2) is 13.9. The van der Waals surface area contributed by atoms with Gasteiger partial charge in [-0.05, 0) is 43.4 Å². The maximum atomic E-state index is 2.44. The van der Waals surface area contributed by atoms with Crippen LogP contribution in [0.15, 0.2) is 23.8 Å². The summed E-state index contributed by atoms with van der Waals surface area (Å²) in [6.45, 7) is 15.5. The van der Waals surface area contributed by atoms with Gasteiger partial charge >= 0.3 is 0 Å². The lowest BCUT2D eigenvalue weighted by molar-refractivity contribution is 0.312. The predicted octanol–water partition coefficient (Wildman–Crippen LogP) is 8.19. The molecule has 0 nitrogen and oxygen atoms in total. The summed E-state index contributed by atoms with van der Waals surface area (Å²) in [6.07, 6.45) is 18.3. The molecule has 2 aliphatic carbocycles. The van der Waals surface area contributed by atoms with Gasteiger partial charge < -0.3 is 0 Å². The molecule has 3 unspecified atom stereocenters. The standard InChI is InChI=1S/C11H24.C10H14.C2H6/c1-5-8-9-10(4)11(6-2)7-3;1-8-5-6-9-3-2-4-10(9)7-8;1-2/h10-11H,5-9H2,1-4H3;5-7,9-10H,2-4H2,1H3;1-2H3. The highest BCUT2D eigenvalue weighted by atomic mass is 14.3. The van der Waals surface area contributed by atoms with Crippen LogP contribution in [0.5, 0.6) is 0 Å². The summed E-state index contributed by atoms with van der Waals surface area (Å²) < 4.78 is 0. The monoisotopic (exact) mass is 320 g/mol. The molecular weight excluding hydrogens is 276 g/mol. The van der Waals surface area contributed by atoms with E-state index < -0.39 is 0 Å². The third-order valence-electron chi connectivity index (χ3n) is 5.57. The molecule has 0 radical (unpaired) electrons. The Morgan fingerprint density at radius 3 is 2.22 bits per heavy atom. The van der Waals surface area contributed by atoms with Gasteiger partial charge in [-0.15, -0.1) is 0 Å². The highest BCUT2D eigenvalue weighted by Gasteiger charge is 2.24. The largest absolute Gasteiger partial charge is 0.0806 e. The third-order valence-corrected chi connectivity index (χ3v) is 5.57. The van der Waals surface area contributed by atoms with Crippen molar-refractivity contribution in [3.8, 4) is 0 Å². The average molecular weight is 321 g/mol. The van der Waals surface area contributed by atoms with Crippen LogP contribution in [0.2, 0.25) is 0 Å². The highest BCUT2D eigenvalue weighted by Crippen LogP contribution is 2.36. The van der Waals surface area contributed by atoms with E-state index in [1.54, 1.807) is 0 Å². The highest BCUT2D eigenvalue weighted by molar-refractivity contribution is 5.24. The van der Waals surface area contributed by atoms with E-state index in [4.69, 9.17) is 0 Å². The van der Waals surface area contributed by atoms with Gasteiger partial charge in [0.2, 0.25) is 0 Å². The van der Waals surface area contributed by atoms with E-state index in [-0.39, 0.29) is 0 Å². The Balaban J connectivity index is 0.000000380. The molecule has 0 N–H and O–H groups in total. The molecule has 136 valence electrons. The molecule has 0 aromatic carbocycles. The summed E-state index contributed by atoms with van der Waals surface area (Å²) in [7, 11) is 0. The summed E-state index contributed by atoms with van der Waals surface area (Å²) in [5.41, 5.74) is 1.46. The molecular formula is C23H44. The number of unbranched alkanes of at least 4 members (excludes halogenated alkanes) is 1. The minimum absolute atomic E-state index is 0.892. The van der Waals surface area contributed by atoms with Gasteiger partial charge in [-0.25, -0.2) is 0 Å². The van der Waals surface area contributed by atoms with Crippen molar-refractivity contribution >= 4 is 0 Å². The summed E-state index contributed by atoms with van der Waals surface area (Å²) >= 11 is 0. The van der Waals surface area contributed by atoms with E-state index in [9.17, 15) is 0 Å². The molecule has 0 aliphatic heterocycles. The quantitative estimate of drug-likeness (QED) is 0.462. The fraction of sp³-hybridized carbons (Fsp3) is 0.826. The maximum Gasteiger partial charge on any atom is -0.0165 e. The molecule has 2 rings (SSSR count). The smallest absolute Gasteiger partial charge is 0.0165 e. The first kappa shape index (κ1) is 22.5. The summed E-state index contributed by atoms with van der Waals surface area (Å²) in [6, 6.07) is 0. The van der Waals surface area contributed by atoms with Gasteiger partial charge in [0.25, 0.3) is 0 Å². The van der Waals surface area contributed by atoms with Crippen molar-refractivity contribution < 1.29 is 0 Å². The second-order valence-electron chi connectivity index (χ2n) is 7.22. The van der Waals surface area contributed by atoms with Crippen LogP contribution in [-0.4, -0.2) is 0 Å². The molecule has 1 saturated carbocycles. The van der Waals surface area contributed by atoms with Gasteiger partial charge in [0.05, 0.1) is 0 Å². The number of rotatable bonds is 6. The van der Waals surface area contributed by atoms with Crippen LogP contribution in [0.25, 0.3) is 0 Å². The van der Waals surface area contributed by atoms with Crippen LogP contribution in [-0.2, 0) is 0 Å². The van der Waals surface area contributed by atoms with Crippen LogP contribution in [0, 0.1) is 23.7 Å². The molecule has 0 heteroatoms. The van der Waals surface area contributed by atoms with E-state index in [1.165, 1.54) is 56.9 Å². The molecule has 0 amide bonds. The van der Waals surface area contributed by atoms with Crippen LogP contribution >= 0.6 is 0 Å². The zero-order chi connectivity index (χ0) is 17.7. The van der Waals surface area contributed by atoms with E-state index >= 15 is 0 Å². The number of hydrogen-bond donors (Lipinski definition) is 0. The molecule has 0 saturated heterocycles. The first-order valence-corrected chi connectivity index (χ1v) is 10.5. The maximum absolute atomic E-state index is 2.44. The lowest BCUT2D eigenvalue weighted by Gasteiger charge is -2.20. The molecule has 0 heterocycles. The van der Waals surface area contributed by atoms with Gasteiger partial charge in [0.15, 0.2) is 0 Å². The van der Waals surface area contributed by atoms with Crippen LogP contribution in [0.1, 0.15) is 99.8 Å². The second-order valence-corrected chi connectivity index (χ2v) is 7.22. The van der Waals surface area contributed by atoms with Gasteiger partial charge in [-0.3, -0.25) is 0 Å². The van der Waals surface area contributed by atoms with Crippen molar-refractivity contribution in [1.82, 2.24) is 0 Å². The fourth-order valence-electron chi connectivity index (χ4n) is 3.99. The summed E-state index contributed by atoms with van der Waals surface area (Å²) in [5.74, 6) is 3.71.